The van der Waals surface area contributed by atoms with Crippen LogP contribution in [-0.4, -0.2) is 44.7 Å². The van der Waals surface area contributed by atoms with E-state index in [0.717, 1.165) is 24.8 Å². The Balaban J connectivity index is 0.00000128. The van der Waals surface area contributed by atoms with E-state index >= 15 is 0 Å². The summed E-state index contributed by atoms with van der Waals surface area (Å²) in [4.78, 5) is 13.9. The van der Waals surface area contributed by atoms with Crippen LogP contribution >= 0.6 is 24.1 Å². The van der Waals surface area contributed by atoms with Crippen molar-refractivity contribution in [3.8, 4) is 0 Å². The van der Waals surface area contributed by atoms with Crippen molar-refractivity contribution >= 4 is 30.0 Å². The predicted molar refractivity (Wildman–Crippen MR) is 65.1 cm³/mol. The summed E-state index contributed by atoms with van der Waals surface area (Å²) >= 11 is 1.07. The molecule has 5 nitrogen and oxygen atoms in total. The van der Waals surface area contributed by atoms with Crippen LogP contribution in [0.5, 0.6) is 0 Å². The van der Waals surface area contributed by atoms with Crippen molar-refractivity contribution in [3.63, 3.8) is 0 Å². The van der Waals surface area contributed by atoms with Gasteiger partial charge in [-0.25, -0.2) is 0 Å². The van der Waals surface area contributed by atoms with Crippen LogP contribution in [-0.2, 0) is 0 Å². The van der Waals surface area contributed by atoms with Crippen molar-refractivity contribution in [1.82, 2.24) is 19.0 Å². The van der Waals surface area contributed by atoms with E-state index in [4.69, 9.17) is 0 Å². The molecule has 2 heterocycles. The highest BCUT2D eigenvalue weighted by atomic mass is 35.5. The Hall–Kier alpha value is -0.720. The van der Waals surface area contributed by atoms with Crippen LogP contribution < -0.4 is 5.32 Å². The highest BCUT2D eigenvalue weighted by molar-refractivity contribution is 6.99. The molecule has 2 atom stereocenters. The highest BCUT2D eigenvalue weighted by Crippen LogP contribution is 2.12. The lowest BCUT2D eigenvalue weighted by atomic mass is 10.1. The SMILES string of the molecule is CC1NCCN(C(=O)c2cnsn2)C1C.Cl. The molecule has 1 aromatic rings. The van der Waals surface area contributed by atoms with Gasteiger partial charge in [0.15, 0.2) is 5.69 Å². The predicted octanol–water partition coefficient (Wildman–Crippen LogP) is 0.782. The molecule has 0 aliphatic carbocycles. The molecule has 2 unspecified atom stereocenters. The Morgan fingerprint density at radius 2 is 2.38 bits per heavy atom. The molecule has 0 aromatic carbocycles. The van der Waals surface area contributed by atoms with E-state index in [1.807, 2.05) is 4.90 Å². The maximum atomic E-state index is 12.0. The number of hydrogen-bond donors (Lipinski definition) is 1. The molecular formula is C9H15ClN4OS. The first-order valence-corrected chi connectivity index (χ1v) is 5.75. The molecule has 2 rings (SSSR count). The van der Waals surface area contributed by atoms with Crippen molar-refractivity contribution in [3.05, 3.63) is 11.9 Å². The fraction of sp³-hybridized carbons (Fsp3) is 0.667. The number of carbonyl (C=O) groups excluding carboxylic acids is 1. The maximum Gasteiger partial charge on any atom is 0.275 e. The van der Waals surface area contributed by atoms with Crippen molar-refractivity contribution in [2.45, 2.75) is 25.9 Å². The molecule has 16 heavy (non-hydrogen) atoms. The quantitative estimate of drug-likeness (QED) is 0.813. The lowest BCUT2D eigenvalue weighted by Gasteiger charge is -2.38. The van der Waals surface area contributed by atoms with E-state index in [2.05, 4.69) is 27.9 Å². The van der Waals surface area contributed by atoms with E-state index in [1.165, 1.54) is 6.20 Å². The Morgan fingerprint density at radius 1 is 1.62 bits per heavy atom. The van der Waals surface area contributed by atoms with E-state index in [0.29, 0.717) is 11.7 Å². The molecule has 1 fully saturated rings. The minimum atomic E-state index is -0.00963. The van der Waals surface area contributed by atoms with E-state index < -0.39 is 0 Å². The number of hydrogen-bond acceptors (Lipinski definition) is 5. The van der Waals surface area contributed by atoms with Gasteiger partial charge in [-0.05, 0) is 13.8 Å². The lowest BCUT2D eigenvalue weighted by molar-refractivity contribution is 0.0598. The average Bonchev–Trinajstić information content (AvgIpc) is 2.74. The molecule has 0 bridgehead atoms. The third kappa shape index (κ3) is 2.50. The summed E-state index contributed by atoms with van der Waals surface area (Å²) in [5.74, 6) is -0.00963. The van der Waals surface area contributed by atoms with Crippen LogP contribution in [0.25, 0.3) is 0 Å². The van der Waals surface area contributed by atoms with Gasteiger partial charge in [0, 0.05) is 25.2 Å². The van der Waals surface area contributed by atoms with Crippen molar-refractivity contribution in [2.24, 2.45) is 0 Å². The second-order valence-corrected chi connectivity index (χ2v) is 4.33. The van der Waals surface area contributed by atoms with Gasteiger partial charge in [0.2, 0.25) is 0 Å². The second kappa shape index (κ2) is 5.56. The Bertz CT molecular complexity index is 345. The first-order valence-electron chi connectivity index (χ1n) is 5.02. The Labute approximate surface area is 105 Å². The first kappa shape index (κ1) is 13.3. The van der Waals surface area contributed by atoms with Crippen LogP contribution in [0.1, 0.15) is 24.3 Å². The fourth-order valence-electron chi connectivity index (χ4n) is 1.75. The van der Waals surface area contributed by atoms with Gasteiger partial charge in [0.1, 0.15) is 0 Å². The van der Waals surface area contributed by atoms with Crippen LogP contribution in [0.15, 0.2) is 6.20 Å². The second-order valence-electron chi connectivity index (χ2n) is 3.77. The van der Waals surface area contributed by atoms with E-state index in [9.17, 15) is 4.79 Å². The number of carbonyl (C=O) groups is 1. The normalized spacial score (nSPS) is 25.0. The Morgan fingerprint density at radius 3 is 3.00 bits per heavy atom. The third-order valence-electron chi connectivity index (χ3n) is 2.88. The summed E-state index contributed by atoms with van der Waals surface area (Å²) in [6.07, 6.45) is 1.53. The van der Waals surface area contributed by atoms with Crippen LogP contribution in [0, 0.1) is 0 Å². The molecule has 1 amide bonds. The summed E-state index contributed by atoms with van der Waals surface area (Å²) in [6.45, 7) is 5.72. The minimum absolute atomic E-state index is 0. The molecule has 1 aliphatic heterocycles. The number of aromatic nitrogens is 2. The summed E-state index contributed by atoms with van der Waals surface area (Å²) in [5.41, 5.74) is 0.459. The fourth-order valence-corrected chi connectivity index (χ4v) is 2.16. The van der Waals surface area contributed by atoms with Gasteiger partial charge < -0.3 is 10.2 Å². The van der Waals surface area contributed by atoms with E-state index in [1.54, 1.807) is 0 Å². The van der Waals surface area contributed by atoms with E-state index in [-0.39, 0.29) is 24.4 Å². The molecule has 0 radical (unpaired) electrons. The number of amides is 1. The van der Waals surface area contributed by atoms with Crippen molar-refractivity contribution in [2.75, 3.05) is 13.1 Å². The number of nitrogens with one attached hydrogen (secondary N) is 1. The highest BCUT2D eigenvalue weighted by Gasteiger charge is 2.29. The smallest absolute Gasteiger partial charge is 0.275 e. The molecular weight excluding hydrogens is 248 g/mol. The van der Waals surface area contributed by atoms with Gasteiger partial charge in [-0.15, -0.1) is 12.4 Å². The zero-order valence-corrected chi connectivity index (χ0v) is 10.8. The topological polar surface area (TPSA) is 58.1 Å². The summed E-state index contributed by atoms with van der Waals surface area (Å²) < 4.78 is 7.82. The molecule has 0 saturated carbocycles. The van der Waals surface area contributed by atoms with Gasteiger partial charge in [-0.1, -0.05) is 0 Å². The molecule has 0 spiro atoms. The summed E-state index contributed by atoms with van der Waals surface area (Å²) in [7, 11) is 0. The molecule has 90 valence electrons. The molecule has 7 heteroatoms. The number of halogens is 1. The minimum Gasteiger partial charge on any atom is -0.332 e. The van der Waals surface area contributed by atoms with Crippen LogP contribution in [0.4, 0.5) is 0 Å². The Kier molecular flexibility index (Phi) is 4.64. The van der Waals surface area contributed by atoms with Crippen LogP contribution in [0.2, 0.25) is 0 Å². The standard InChI is InChI=1S/C9H14N4OS.ClH/c1-6-7(2)13(4-3-10-6)9(14)8-5-11-15-12-8;/h5-7,10H,3-4H2,1-2H3;1H. The number of piperazine rings is 1. The summed E-state index contributed by atoms with van der Waals surface area (Å²) in [5, 5.41) is 3.33. The largest absolute Gasteiger partial charge is 0.332 e. The van der Waals surface area contributed by atoms with Gasteiger partial charge in [0.25, 0.3) is 5.91 Å². The lowest BCUT2D eigenvalue weighted by Crippen LogP contribution is -2.57. The average molecular weight is 263 g/mol. The zero-order chi connectivity index (χ0) is 10.8. The van der Waals surface area contributed by atoms with Gasteiger partial charge in [0.05, 0.1) is 17.9 Å². The van der Waals surface area contributed by atoms with Gasteiger partial charge in [-0.3, -0.25) is 4.79 Å². The van der Waals surface area contributed by atoms with Gasteiger partial charge in [-0.2, -0.15) is 8.75 Å². The van der Waals surface area contributed by atoms with Crippen molar-refractivity contribution < 1.29 is 4.79 Å². The molecule has 1 saturated heterocycles. The first-order chi connectivity index (χ1) is 7.20. The number of rotatable bonds is 1. The van der Waals surface area contributed by atoms with Gasteiger partial charge >= 0.3 is 0 Å². The number of nitrogens with zero attached hydrogens (tertiary/aromatic N) is 3. The molecule has 1 aromatic heterocycles. The monoisotopic (exact) mass is 262 g/mol. The molecule has 1 N–H and O–H groups in total. The maximum absolute atomic E-state index is 12.0. The summed E-state index contributed by atoms with van der Waals surface area (Å²) in [6, 6.07) is 0.530. The van der Waals surface area contributed by atoms with Crippen LogP contribution in [0.3, 0.4) is 0 Å². The molecule has 1 aliphatic rings. The zero-order valence-electron chi connectivity index (χ0n) is 9.21. The third-order valence-corrected chi connectivity index (χ3v) is 3.35. The van der Waals surface area contributed by atoms with Crippen molar-refractivity contribution in [1.29, 1.82) is 0 Å².